The number of piperidine rings is 1. The molecule has 2 amide bonds. The van der Waals surface area contributed by atoms with Gasteiger partial charge in [-0.2, -0.15) is 11.3 Å². The van der Waals surface area contributed by atoms with Crippen LogP contribution < -0.4 is 10.6 Å². The number of hydrogen-bond acceptors (Lipinski definition) is 4. The highest BCUT2D eigenvalue weighted by Gasteiger charge is 2.30. The molecule has 0 bridgehead atoms. The Labute approximate surface area is 116 Å². The Morgan fingerprint density at radius 2 is 2.47 bits per heavy atom. The third-order valence-corrected chi connectivity index (χ3v) is 3.88. The lowest BCUT2D eigenvalue weighted by Gasteiger charge is -2.32. The Balaban J connectivity index is 2.00. The van der Waals surface area contributed by atoms with Gasteiger partial charge in [0.25, 0.3) is 0 Å². The van der Waals surface area contributed by atoms with E-state index in [-0.39, 0.29) is 23.9 Å². The van der Waals surface area contributed by atoms with E-state index in [1.807, 2.05) is 16.8 Å². The average Bonchev–Trinajstić information content (AvgIpc) is 2.92. The second-order valence-corrected chi connectivity index (χ2v) is 5.34. The Kier molecular flexibility index (Phi) is 4.93. The summed E-state index contributed by atoms with van der Waals surface area (Å²) in [5.41, 5.74) is 1.05. The number of rotatable bonds is 5. The van der Waals surface area contributed by atoms with E-state index in [9.17, 15) is 9.59 Å². The third kappa shape index (κ3) is 3.78. The molecule has 0 saturated carbocycles. The van der Waals surface area contributed by atoms with E-state index in [1.165, 1.54) is 0 Å². The van der Waals surface area contributed by atoms with E-state index in [0.717, 1.165) is 5.56 Å². The van der Waals surface area contributed by atoms with Gasteiger partial charge in [-0.05, 0) is 28.8 Å². The topological polar surface area (TPSA) is 67.4 Å². The van der Waals surface area contributed by atoms with Crippen LogP contribution in [0.1, 0.15) is 30.9 Å². The molecule has 2 N–H and O–H groups in total. The molecule has 1 aromatic rings. The lowest BCUT2D eigenvalue weighted by atomic mass is 9.93. The summed E-state index contributed by atoms with van der Waals surface area (Å²) < 4.78 is 4.89. The van der Waals surface area contributed by atoms with Gasteiger partial charge in [0.05, 0.1) is 18.7 Å². The van der Waals surface area contributed by atoms with Crippen molar-refractivity contribution in [1.29, 1.82) is 0 Å². The van der Waals surface area contributed by atoms with Gasteiger partial charge in [0.1, 0.15) is 0 Å². The molecule has 19 heavy (non-hydrogen) atoms. The number of hydrogen-bond donors (Lipinski definition) is 2. The zero-order chi connectivity index (χ0) is 13.7. The van der Waals surface area contributed by atoms with Crippen LogP contribution in [-0.4, -0.2) is 31.6 Å². The average molecular weight is 282 g/mol. The molecule has 1 aliphatic rings. The molecule has 2 heterocycles. The second kappa shape index (κ2) is 6.68. The van der Waals surface area contributed by atoms with Gasteiger partial charge >= 0.3 is 0 Å². The zero-order valence-electron chi connectivity index (χ0n) is 10.8. The summed E-state index contributed by atoms with van der Waals surface area (Å²) in [6.45, 7) is 0.411. The molecule has 0 aromatic carbocycles. The van der Waals surface area contributed by atoms with Gasteiger partial charge in [-0.25, -0.2) is 0 Å². The van der Waals surface area contributed by atoms with E-state index in [4.69, 9.17) is 4.74 Å². The SMILES string of the molecule is COCCC(=O)N[C@@H]1CCC(=O)N[C@H]1c1ccsc1. The van der Waals surface area contributed by atoms with Crippen molar-refractivity contribution in [3.8, 4) is 0 Å². The molecule has 1 saturated heterocycles. The van der Waals surface area contributed by atoms with Crippen molar-refractivity contribution in [2.75, 3.05) is 13.7 Å². The fraction of sp³-hybridized carbons (Fsp3) is 0.538. The van der Waals surface area contributed by atoms with Crippen molar-refractivity contribution < 1.29 is 14.3 Å². The molecule has 1 aliphatic heterocycles. The molecular formula is C13H18N2O3S. The number of carbonyl (C=O) groups excluding carboxylic acids is 2. The van der Waals surface area contributed by atoms with Crippen LogP contribution in [0.5, 0.6) is 0 Å². The number of amides is 2. The Hall–Kier alpha value is -1.40. The van der Waals surface area contributed by atoms with Gasteiger partial charge in [-0.1, -0.05) is 0 Å². The fourth-order valence-corrected chi connectivity index (χ4v) is 2.89. The molecule has 6 heteroatoms. The summed E-state index contributed by atoms with van der Waals surface area (Å²) in [5.74, 6) is 0.00168. The minimum Gasteiger partial charge on any atom is -0.384 e. The van der Waals surface area contributed by atoms with E-state index in [0.29, 0.717) is 25.9 Å². The first kappa shape index (κ1) is 14.0. The van der Waals surface area contributed by atoms with Crippen molar-refractivity contribution >= 4 is 23.2 Å². The van der Waals surface area contributed by atoms with Crippen molar-refractivity contribution in [2.24, 2.45) is 0 Å². The van der Waals surface area contributed by atoms with Gasteiger partial charge in [0.15, 0.2) is 0 Å². The second-order valence-electron chi connectivity index (χ2n) is 4.56. The molecule has 5 nitrogen and oxygen atoms in total. The normalized spacial score (nSPS) is 22.9. The highest BCUT2D eigenvalue weighted by atomic mass is 32.1. The summed E-state index contributed by atoms with van der Waals surface area (Å²) in [4.78, 5) is 23.3. The Bertz CT molecular complexity index is 433. The highest BCUT2D eigenvalue weighted by molar-refractivity contribution is 7.08. The molecule has 0 aliphatic carbocycles. The lowest BCUT2D eigenvalue weighted by Crippen LogP contribution is -2.50. The number of ether oxygens (including phenoxy) is 1. The zero-order valence-corrected chi connectivity index (χ0v) is 11.7. The minimum atomic E-state index is -0.126. The quantitative estimate of drug-likeness (QED) is 0.853. The van der Waals surface area contributed by atoms with Gasteiger partial charge < -0.3 is 15.4 Å². The number of methoxy groups -OCH3 is 1. The molecule has 104 valence electrons. The predicted molar refractivity (Wildman–Crippen MR) is 72.9 cm³/mol. The maximum Gasteiger partial charge on any atom is 0.222 e. The Morgan fingerprint density at radius 1 is 1.63 bits per heavy atom. The predicted octanol–water partition coefficient (Wildman–Crippen LogP) is 1.22. The number of nitrogens with one attached hydrogen (secondary N) is 2. The fourth-order valence-electron chi connectivity index (χ4n) is 2.20. The van der Waals surface area contributed by atoms with Gasteiger partial charge in [0.2, 0.25) is 11.8 Å². The minimum absolute atomic E-state index is 0.0387. The summed E-state index contributed by atoms with van der Waals surface area (Å²) >= 11 is 1.59. The van der Waals surface area contributed by atoms with Crippen molar-refractivity contribution in [3.05, 3.63) is 22.4 Å². The standard InChI is InChI=1S/C13H18N2O3S/c1-18-6-4-12(17)14-10-2-3-11(16)15-13(10)9-5-7-19-8-9/h5,7-8,10,13H,2-4,6H2,1H3,(H,14,17)(H,15,16)/t10-,13+/m1/s1. The van der Waals surface area contributed by atoms with Crippen LogP contribution in [0, 0.1) is 0 Å². The van der Waals surface area contributed by atoms with Gasteiger partial charge in [-0.3, -0.25) is 9.59 Å². The van der Waals surface area contributed by atoms with E-state index in [1.54, 1.807) is 18.4 Å². The monoisotopic (exact) mass is 282 g/mol. The van der Waals surface area contributed by atoms with Crippen LogP contribution in [0.25, 0.3) is 0 Å². The molecule has 2 rings (SSSR count). The Morgan fingerprint density at radius 3 is 3.16 bits per heavy atom. The van der Waals surface area contributed by atoms with Gasteiger partial charge in [0, 0.05) is 20.0 Å². The summed E-state index contributed by atoms with van der Waals surface area (Å²) in [7, 11) is 1.57. The van der Waals surface area contributed by atoms with Crippen LogP contribution in [-0.2, 0) is 14.3 Å². The first-order valence-electron chi connectivity index (χ1n) is 6.30. The first-order valence-corrected chi connectivity index (χ1v) is 7.24. The highest BCUT2D eigenvalue weighted by Crippen LogP contribution is 2.25. The van der Waals surface area contributed by atoms with Crippen LogP contribution in [0.15, 0.2) is 16.8 Å². The number of thiophene rings is 1. The smallest absolute Gasteiger partial charge is 0.222 e. The van der Waals surface area contributed by atoms with Crippen molar-refractivity contribution in [2.45, 2.75) is 31.3 Å². The van der Waals surface area contributed by atoms with Crippen LogP contribution in [0.3, 0.4) is 0 Å². The van der Waals surface area contributed by atoms with Crippen LogP contribution in [0.4, 0.5) is 0 Å². The van der Waals surface area contributed by atoms with Crippen LogP contribution >= 0.6 is 11.3 Å². The molecule has 1 fully saturated rings. The molecular weight excluding hydrogens is 264 g/mol. The van der Waals surface area contributed by atoms with E-state index < -0.39 is 0 Å². The van der Waals surface area contributed by atoms with E-state index >= 15 is 0 Å². The molecule has 0 radical (unpaired) electrons. The number of carbonyl (C=O) groups is 2. The van der Waals surface area contributed by atoms with Crippen LogP contribution in [0.2, 0.25) is 0 Å². The molecule has 0 unspecified atom stereocenters. The lowest BCUT2D eigenvalue weighted by molar-refractivity contribution is -0.127. The molecule has 1 aromatic heterocycles. The first-order chi connectivity index (χ1) is 9.20. The largest absolute Gasteiger partial charge is 0.384 e. The van der Waals surface area contributed by atoms with Crippen molar-refractivity contribution in [3.63, 3.8) is 0 Å². The molecule has 2 atom stereocenters. The summed E-state index contributed by atoms with van der Waals surface area (Å²) in [6, 6.07) is 1.81. The molecule has 0 spiro atoms. The van der Waals surface area contributed by atoms with Crippen molar-refractivity contribution in [1.82, 2.24) is 10.6 Å². The van der Waals surface area contributed by atoms with E-state index in [2.05, 4.69) is 10.6 Å². The maximum atomic E-state index is 11.8. The summed E-state index contributed by atoms with van der Waals surface area (Å²) in [5, 5.41) is 9.91. The summed E-state index contributed by atoms with van der Waals surface area (Å²) in [6.07, 6.45) is 1.47. The third-order valence-electron chi connectivity index (χ3n) is 3.18. The maximum absolute atomic E-state index is 11.8. The van der Waals surface area contributed by atoms with Gasteiger partial charge in [-0.15, -0.1) is 0 Å².